The number of nitrogens with one attached hydrogen (secondary N) is 2. The van der Waals surface area contributed by atoms with Gasteiger partial charge in [0, 0.05) is 28.7 Å². The molecular formula is C25H27N5O4. The molecule has 1 aliphatic rings. The number of fused-ring (bicyclic) bond motifs is 3. The van der Waals surface area contributed by atoms with Crippen LogP contribution in [0.25, 0.3) is 10.9 Å². The maximum Gasteiger partial charge on any atom is 0.312 e. The Morgan fingerprint density at radius 1 is 1.18 bits per heavy atom. The molecule has 0 aliphatic carbocycles. The third kappa shape index (κ3) is 3.58. The zero-order valence-corrected chi connectivity index (χ0v) is 19.6. The summed E-state index contributed by atoms with van der Waals surface area (Å²) in [6, 6.07) is 12.2. The molecular weight excluding hydrogens is 434 g/mol. The van der Waals surface area contributed by atoms with E-state index in [4.69, 9.17) is 9.47 Å². The lowest BCUT2D eigenvalue weighted by Crippen LogP contribution is -2.30. The number of aromatic nitrogens is 3. The number of ether oxygens (including phenoxy) is 2. The molecule has 176 valence electrons. The normalized spacial score (nSPS) is 15.4. The largest absolute Gasteiger partial charge is 0.497 e. The number of rotatable bonds is 6. The molecule has 1 aliphatic heterocycles. The van der Waals surface area contributed by atoms with Crippen molar-refractivity contribution in [1.29, 1.82) is 0 Å². The van der Waals surface area contributed by atoms with Crippen molar-refractivity contribution in [1.82, 2.24) is 20.1 Å². The first-order valence-electron chi connectivity index (χ1n) is 11.2. The van der Waals surface area contributed by atoms with E-state index in [1.165, 1.54) is 10.9 Å². The van der Waals surface area contributed by atoms with Gasteiger partial charge in [-0.2, -0.15) is 5.10 Å². The molecule has 5 rings (SSSR count). The average molecular weight is 462 g/mol. The van der Waals surface area contributed by atoms with E-state index in [-0.39, 0.29) is 16.7 Å². The predicted molar refractivity (Wildman–Crippen MR) is 129 cm³/mol. The fourth-order valence-electron chi connectivity index (χ4n) is 4.99. The van der Waals surface area contributed by atoms with Crippen molar-refractivity contribution in [3.8, 4) is 11.5 Å². The van der Waals surface area contributed by atoms with Crippen molar-refractivity contribution >= 4 is 16.6 Å². The van der Waals surface area contributed by atoms with E-state index in [1.807, 2.05) is 12.1 Å². The van der Waals surface area contributed by atoms with E-state index in [0.717, 1.165) is 46.8 Å². The molecule has 0 spiro atoms. The van der Waals surface area contributed by atoms with Crippen molar-refractivity contribution in [3.63, 3.8) is 0 Å². The Hall–Kier alpha value is -3.85. The third-order valence-electron chi connectivity index (χ3n) is 6.64. The summed E-state index contributed by atoms with van der Waals surface area (Å²) in [6.07, 6.45) is 0.928. The van der Waals surface area contributed by atoms with Crippen LogP contribution in [0.2, 0.25) is 0 Å². The zero-order chi connectivity index (χ0) is 24.0. The summed E-state index contributed by atoms with van der Waals surface area (Å²) >= 11 is 0. The van der Waals surface area contributed by atoms with E-state index >= 15 is 0 Å². The van der Waals surface area contributed by atoms with Crippen LogP contribution in [0.3, 0.4) is 0 Å². The van der Waals surface area contributed by atoms with Crippen LogP contribution in [0.15, 0.2) is 36.4 Å². The minimum atomic E-state index is -0.375. The molecule has 4 aromatic rings. The first-order chi connectivity index (χ1) is 16.4. The maximum atomic E-state index is 11.4. The molecule has 34 heavy (non-hydrogen) atoms. The highest BCUT2D eigenvalue weighted by atomic mass is 16.6. The maximum absolute atomic E-state index is 11.4. The van der Waals surface area contributed by atoms with Crippen LogP contribution in [-0.4, -0.2) is 40.5 Å². The van der Waals surface area contributed by atoms with Crippen LogP contribution in [0.1, 0.15) is 39.8 Å². The van der Waals surface area contributed by atoms with Gasteiger partial charge in [0.05, 0.1) is 31.7 Å². The lowest BCUT2D eigenvalue weighted by Gasteiger charge is -2.25. The average Bonchev–Trinajstić information content (AvgIpc) is 3.34. The van der Waals surface area contributed by atoms with Gasteiger partial charge in [-0.15, -0.1) is 0 Å². The van der Waals surface area contributed by atoms with E-state index in [2.05, 4.69) is 39.7 Å². The smallest absolute Gasteiger partial charge is 0.312 e. The van der Waals surface area contributed by atoms with Crippen molar-refractivity contribution in [2.45, 2.75) is 32.9 Å². The van der Waals surface area contributed by atoms with Crippen molar-refractivity contribution < 1.29 is 14.4 Å². The number of hydrogen-bond acceptors (Lipinski definition) is 6. The molecule has 1 atom stereocenters. The summed E-state index contributed by atoms with van der Waals surface area (Å²) in [7, 11) is 3.31. The van der Waals surface area contributed by atoms with E-state index in [0.29, 0.717) is 17.9 Å². The van der Waals surface area contributed by atoms with Crippen molar-refractivity contribution in [2.75, 3.05) is 20.8 Å². The molecule has 0 radical (unpaired) electrons. The molecule has 0 saturated heterocycles. The van der Waals surface area contributed by atoms with Gasteiger partial charge in [-0.1, -0.05) is 6.07 Å². The lowest BCUT2D eigenvalue weighted by atomic mass is 9.93. The summed E-state index contributed by atoms with van der Waals surface area (Å²) in [5.41, 5.74) is 6.52. The van der Waals surface area contributed by atoms with Crippen LogP contribution < -0.4 is 14.8 Å². The number of hydrogen-bond donors (Lipinski definition) is 2. The Kier molecular flexibility index (Phi) is 5.49. The molecule has 2 aromatic heterocycles. The van der Waals surface area contributed by atoms with Crippen LogP contribution in [-0.2, 0) is 13.0 Å². The monoisotopic (exact) mass is 461 g/mol. The molecule has 2 N–H and O–H groups in total. The van der Waals surface area contributed by atoms with E-state index in [9.17, 15) is 10.1 Å². The van der Waals surface area contributed by atoms with Crippen LogP contribution in [0.4, 0.5) is 5.69 Å². The van der Waals surface area contributed by atoms with Crippen molar-refractivity contribution in [3.05, 3.63) is 80.3 Å². The van der Waals surface area contributed by atoms with Crippen molar-refractivity contribution in [2.24, 2.45) is 0 Å². The van der Waals surface area contributed by atoms with Gasteiger partial charge in [-0.3, -0.25) is 14.8 Å². The molecule has 0 amide bonds. The number of nitro groups is 1. The first kappa shape index (κ1) is 22.0. The molecule has 3 heterocycles. The van der Waals surface area contributed by atoms with Gasteiger partial charge in [0.2, 0.25) is 0 Å². The van der Waals surface area contributed by atoms with Crippen LogP contribution in [0, 0.1) is 24.0 Å². The number of aryl methyl sites for hydroxylation is 1. The summed E-state index contributed by atoms with van der Waals surface area (Å²) in [4.78, 5) is 14.7. The Morgan fingerprint density at radius 2 is 2.00 bits per heavy atom. The van der Waals surface area contributed by atoms with Gasteiger partial charge < -0.3 is 19.8 Å². The number of aromatic amines is 1. The van der Waals surface area contributed by atoms with Crippen LogP contribution in [0.5, 0.6) is 11.5 Å². The van der Waals surface area contributed by atoms with Gasteiger partial charge in [0.1, 0.15) is 22.9 Å². The second-order valence-electron chi connectivity index (χ2n) is 8.57. The fourth-order valence-corrected chi connectivity index (χ4v) is 4.99. The second-order valence-corrected chi connectivity index (χ2v) is 8.57. The molecule has 0 bridgehead atoms. The Balaban J connectivity index is 1.55. The Bertz CT molecular complexity index is 1400. The number of methoxy groups -OCH3 is 2. The van der Waals surface area contributed by atoms with E-state index < -0.39 is 0 Å². The standard InChI is InChI=1S/C25H27N5O4/c1-14-25(30(31)32)15(2)29(28-14)13-17-11-16(5-8-22(17)34-4)23-24-19(9-10-26-23)20-12-18(33-3)6-7-21(20)27-24/h5-8,11-12,23,26-27H,9-10,13H2,1-4H3/t23-/m1/s1. The number of benzene rings is 2. The van der Waals surface area contributed by atoms with Crippen LogP contribution >= 0.6 is 0 Å². The molecule has 9 heteroatoms. The summed E-state index contributed by atoms with van der Waals surface area (Å²) < 4.78 is 12.7. The fraction of sp³-hybridized carbons (Fsp3) is 0.320. The molecule has 9 nitrogen and oxygen atoms in total. The topological polar surface area (TPSA) is 107 Å². The first-order valence-corrected chi connectivity index (χ1v) is 11.2. The second kappa shape index (κ2) is 8.49. The Morgan fingerprint density at radius 3 is 2.71 bits per heavy atom. The van der Waals surface area contributed by atoms with E-state index in [1.54, 1.807) is 32.7 Å². The highest BCUT2D eigenvalue weighted by Gasteiger charge is 2.27. The molecule has 2 aromatic carbocycles. The summed E-state index contributed by atoms with van der Waals surface area (Å²) in [6.45, 7) is 4.61. The summed E-state index contributed by atoms with van der Waals surface area (Å²) in [5, 5.41) is 20.7. The quantitative estimate of drug-likeness (QED) is 0.329. The molecule has 0 saturated carbocycles. The third-order valence-corrected chi connectivity index (χ3v) is 6.64. The van der Waals surface area contributed by atoms with Gasteiger partial charge in [-0.05, 0) is 61.7 Å². The minimum absolute atomic E-state index is 0.0124. The highest BCUT2D eigenvalue weighted by molar-refractivity contribution is 5.86. The predicted octanol–water partition coefficient (Wildman–Crippen LogP) is 4.19. The minimum Gasteiger partial charge on any atom is -0.497 e. The van der Waals surface area contributed by atoms with Gasteiger partial charge in [0.25, 0.3) is 0 Å². The molecule has 0 unspecified atom stereocenters. The zero-order valence-electron chi connectivity index (χ0n) is 19.6. The number of nitrogens with zero attached hydrogens (tertiary/aromatic N) is 3. The molecule has 0 fully saturated rings. The van der Waals surface area contributed by atoms with Gasteiger partial charge in [-0.25, -0.2) is 0 Å². The SMILES string of the molecule is COc1ccc2[nH]c3c(c2c1)CCN[C@@H]3c1ccc(OC)c(Cn2nc(C)c([N+](=O)[O-])c2C)c1. The Labute approximate surface area is 196 Å². The van der Waals surface area contributed by atoms with Gasteiger partial charge >= 0.3 is 5.69 Å². The van der Waals surface area contributed by atoms with Gasteiger partial charge in [0.15, 0.2) is 0 Å². The summed E-state index contributed by atoms with van der Waals surface area (Å²) in [5.74, 6) is 1.56. The highest BCUT2D eigenvalue weighted by Crippen LogP contribution is 2.36. The number of H-pyrrole nitrogens is 1. The lowest BCUT2D eigenvalue weighted by molar-refractivity contribution is -0.386.